The van der Waals surface area contributed by atoms with Crippen LogP contribution in [0, 0.1) is 17.5 Å². The van der Waals surface area contributed by atoms with Crippen LogP contribution in [0.4, 0.5) is 13.2 Å². The van der Waals surface area contributed by atoms with Crippen LogP contribution in [0.3, 0.4) is 0 Å². The van der Waals surface area contributed by atoms with Crippen molar-refractivity contribution >= 4 is 0 Å². The van der Waals surface area contributed by atoms with Gasteiger partial charge in [-0.2, -0.15) is 0 Å². The van der Waals surface area contributed by atoms with Gasteiger partial charge in [-0.25, -0.2) is 13.2 Å². The van der Waals surface area contributed by atoms with Gasteiger partial charge in [-0.1, -0.05) is 20.3 Å². The van der Waals surface area contributed by atoms with E-state index in [1.807, 2.05) is 11.8 Å². The number of hydrogen-bond donors (Lipinski definition) is 1. The second kappa shape index (κ2) is 7.50. The minimum atomic E-state index is -1.17. The molecule has 1 atom stereocenters. The molecule has 0 fully saturated rings. The van der Waals surface area contributed by atoms with Gasteiger partial charge in [0.1, 0.15) is 5.82 Å². The number of likely N-dealkylation sites (N-methyl/N-ethyl adjacent to an activating group) is 1. The van der Waals surface area contributed by atoms with Crippen LogP contribution in [0.2, 0.25) is 0 Å². The molecule has 0 radical (unpaired) electrons. The predicted octanol–water partition coefficient (Wildman–Crippen LogP) is 3.23. The van der Waals surface area contributed by atoms with Crippen LogP contribution in [0.15, 0.2) is 12.1 Å². The quantitative estimate of drug-likeness (QED) is 0.773. The number of benzene rings is 1. The van der Waals surface area contributed by atoms with E-state index in [4.69, 9.17) is 5.73 Å². The Morgan fingerprint density at radius 3 is 2.26 bits per heavy atom. The highest BCUT2D eigenvalue weighted by Crippen LogP contribution is 2.25. The molecule has 108 valence electrons. The maximum atomic E-state index is 13.8. The summed E-state index contributed by atoms with van der Waals surface area (Å²) in [4.78, 5) is 1.99. The summed E-state index contributed by atoms with van der Waals surface area (Å²) >= 11 is 0. The molecular weight excluding hydrogens is 253 g/mol. The van der Waals surface area contributed by atoms with Crippen LogP contribution in [-0.4, -0.2) is 24.5 Å². The summed E-state index contributed by atoms with van der Waals surface area (Å²) in [5.41, 5.74) is 5.81. The molecule has 1 aromatic rings. The van der Waals surface area contributed by atoms with E-state index in [2.05, 4.69) is 6.92 Å². The first-order valence-corrected chi connectivity index (χ1v) is 6.63. The van der Waals surface area contributed by atoms with Crippen molar-refractivity contribution in [1.82, 2.24) is 4.90 Å². The maximum Gasteiger partial charge on any atom is 0.161 e. The van der Waals surface area contributed by atoms with E-state index in [-0.39, 0.29) is 12.1 Å². The van der Waals surface area contributed by atoms with Crippen LogP contribution >= 0.6 is 0 Å². The third-order valence-electron chi connectivity index (χ3n) is 3.27. The van der Waals surface area contributed by atoms with Crippen molar-refractivity contribution in [3.8, 4) is 0 Å². The van der Waals surface area contributed by atoms with Gasteiger partial charge >= 0.3 is 0 Å². The zero-order valence-corrected chi connectivity index (χ0v) is 11.4. The molecule has 2 N–H and O–H groups in total. The monoisotopic (exact) mass is 274 g/mol. The standard InChI is InChI=1S/C14H21F3N2/c1-3-5-6-19(4-2)14(9-18)10-7-12(16)13(17)8-11(10)15/h7-8,14H,3-6,9,18H2,1-2H3. The minimum Gasteiger partial charge on any atom is -0.329 e. The van der Waals surface area contributed by atoms with Gasteiger partial charge in [0.05, 0.1) is 0 Å². The van der Waals surface area contributed by atoms with Gasteiger partial charge in [0.15, 0.2) is 11.6 Å². The van der Waals surface area contributed by atoms with E-state index < -0.39 is 23.5 Å². The molecule has 2 nitrogen and oxygen atoms in total. The van der Waals surface area contributed by atoms with Crippen molar-refractivity contribution in [3.05, 3.63) is 35.1 Å². The number of nitrogens with zero attached hydrogens (tertiary/aromatic N) is 1. The average Bonchev–Trinajstić information content (AvgIpc) is 2.39. The van der Waals surface area contributed by atoms with Gasteiger partial charge in [-0.05, 0) is 25.6 Å². The number of unbranched alkanes of at least 4 members (excludes halogenated alkanes) is 1. The summed E-state index contributed by atoms with van der Waals surface area (Å²) < 4.78 is 40.0. The lowest BCUT2D eigenvalue weighted by Gasteiger charge is -2.30. The second-order valence-electron chi connectivity index (χ2n) is 4.52. The summed E-state index contributed by atoms with van der Waals surface area (Å²) in [6.07, 6.45) is 1.96. The molecule has 0 heterocycles. The minimum absolute atomic E-state index is 0.124. The average molecular weight is 274 g/mol. The molecular formula is C14H21F3N2. The van der Waals surface area contributed by atoms with Crippen LogP contribution in [-0.2, 0) is 0 Å². The maximum absolute atomic E-state index is 13.8. The molecule has 1 rings (SSSR count). The molecule has 0 bridgehead atoms. The lowest BCUT2D eigenvalue weighted by Crippen LogP contribution is -2.35. The molecule has 0 aliphatic rings. The highest BCUT2D eigenvalue weighted by molar-refractivity contribution is 5.24. The Bertz CT molecular complexity index is 410. The molecule has 5 heteroatoms. The first-order valence-electron chi connectivity index (χ1n) is 6.63. The van der Waals surface area contributed by atoms with E-state index in [9.17, 15) is 13.2 Å². The Labute approximate surface area is 112 Å². The van der Waals surface area contributed by atoms with E-state index in [1.54, 1.807) is 0 Å². The smallest absolute Gasteiger partial charge is 0.161 e. The lowest BCUT2D eigenvalue weighted by atomic mass is 10.0. The normalized spacial score (nSPS) is 13.0. The summed E-state index contributed by atoms with van der Waals surface area (Å²) in [6, 6.07) is 1.07. The van der Waals surface area contributed by atoms with Crippen LogP contribution < -0.4 is 5.73 Å². The molecule has 19 heavy (non-hydrogen) atoms. The fourth-order valence-corrected chi connectivity index (χ4v) is 2.16. The molecule has 0 aliphatic carbocycles. The number of hydrogen-bond acceptors (Lipinski definition) is 2. The van der Waals surface area contributed by atoms with Crippen molar-refractivity contribution in [2.24, 2.45) is 5.73 Å². The first-order chi connectivity index (χ1) is 9.04. The van der Waals surface area contributed by atoms with Crippen molar-refractivity contribution in [3.63, 3.8) is 0 Å². The molecule has 0 saturated heterocycles. The molecule has 0 aromatic heterocycles. The molecule has 0 aliphatic heterocycles. The molecule has 0 amide bonds. The Kier molecular flexibility index (Phi) is 6.31. The Hall–Kier alpha value is -1.07. The van der Waals surface area contributed by atoms with Crippen LogP contribution in [0.25, 0.3) is 0 Å². The summed E-state index contributed by atoms with van der Waals surface area (Å²) in [7, 11) is 0. The Morgan fingerprint density at radius 1 is 1.11 bits per heavy atom. The Balaban J connectivity index is 3.04. The van der Waals surface area contributed by atoms with Gasteiger partial charge in [0.2, 0.25) is 0 Å². The Morgan fingerprint density at radius 2 is 1.74 bits per heavy atom. The fraction of sp³-hybridized carbons (Fsp3) is 0.571. The third kappa shape index (κ3) is 3.94. The van der Waals surface area contributed by atoms with Gasteiger partial charge in [0.25, 0.3) is 0 Å². The SMILES string of the molecule is CCCCN(CC)C(CN)c1cc(F)c(F)cc1F. The largest absolute Gasteiger partial charge is 0.329 e. The zero-order chi connectivity index (χ0) is 14.4. The summed E-state index contributed by atoms with van der Waals surface area (Å²) in [5.74, 6) is -2.96. The second-order valence-corrected chi connectivity index (χ2v) is 4.52. The molecule has 0 saturated carbocycles. The summed E-state index contributed by atoms with van der Waals surface area (Å²) in [5, 5.41) is 0. The molecule has 1 aromatic carbocycles. The van der Waals surface area contributed by atoms with Crippen LogP contribution in [0.1, 0.15) is 38.3 Å². The number of nitrogens with two attached hydrogens (primary N) is 1. The van der Waals surface area contributed by atoms with E-state index >= 15 is 0 Å². The van der Waals surface area contributed by atoms with Gasteiger partial charge in [-0.3, -0.25) is 4.90 Å². The van der Waals surface area contributed by atoms with Crippen molar-refractivity contribution in [2.75, 3.05) is 19.6 Å². The fourth-order valence-electron chi connectivity index (χ4n) is 2.16. The van der Waals surface area contributed by atoms with Crippen LogP contribution in [0.5, 0.6) is 0 Å². The topological polar surface area (TPSA) is 29.3 Å². The highest BCUT2D eigenvalue weighted by atomic mass is 19.2. The van der Waals surface area contributed by atoms with E-state index in [1.165, 1.54) is 0 Å². The number of rotatable bonds is 7. The van der Waals surface area contributed by atoms with Gasteiger partial charge in [0, 0.05) is 24.2 Å². The van der Waals surface area contributed by atoms with Gasteiger partial charge < -0.3 is 5.73 Å². The van der Waals surface area contributed by atoms with Crippen molar-refractivity contribution < 1.29 is 13.2 Å². The van der Waals surface area contributed by atoms with E-state index in [0.29, 0.717) is 12.6 Å². The molecule has 0 spiro atoms. The number of halogens is 3. The first kappa shape index (κ1) is 16.0. The lowest BCUT2D eigenvalue weighted by molar-refractivity contribution is 0.204. The third-order valence-corrected chi connectivity index (χ3v) is 3.27. The zero-order valence-electron chi connectivity index (χ0n) is 11.4. The predicted molar refractivity (Wildman–Crippen MR) is 70.3 cm³/mol. The van der Waals surface area contributed by atoms with E-state index in [0.717, 1.165) is 25.5 Å². The van der Waals surface area contributed by atoms with Crippen molar-refractivity contribution in [2.45, 2.75) is 32.7 Å². The highest BCUT2D eigenvalue weighted by Gasteiger charge is 2.22. The van der Waals surface area contributed by atoms with Crippen molar-refractivity contribution in [1.29, 1.82) is 0 Å². The molecule has 1 unspecified atom stereocenters. The van der Waals surface area contributed by atoms with Gasteiger partial charge in [-0.15, -0.1) is 0 Å². The summed E-state index contributed by atoms with van der Waals surface area (Å²) in [6.45, 7) is 5.60.